The Morgan fingerprint density at radius 3 is 2.66 bits per heavy atom. The lowest BCUT2D eigenvalue weighted by molar-refractivity contribution is 0.0751. The van der Waals surface area contributed by atoms with Crippen LogP contribution in [-0.2, 0) is 16.0 Å². The first-order chi connectivity index (χ1) is 14.1. The number of nitrogens with one attached hydrogen (secondary N) is 1. The summed E-state index contributed by atoms with van der Waals surface area (Å²) in [7, 11) is 1.23. The monoisotopic (exact) mass is 396 g/mol. The Labute approximate surface area is 167 Å². The largest absolute Gasteiger partial charge is 0.508 e. The van der Waals surface area contributed by atoms with Gasteiger partial charge in [0.15, 0.2) is 0 Å². The number of H-pyrrole nitrogens is 1. The van der Waals surface area contributed by atoms with E-state index in [-0.39, 0.29) is 18.3 Å². The highest BCUT2D eigenvalue weighted by Crippen LogP contribution is 2.18. The maximum atomic E-state index is 13.5. The van der Waals surface area contributed by atoms with Gasteiger partial charge in [-0.15, -0.1) is 0 Å². The van der Waals surface area contributed by atoms with Crippen molar-refractivity contribution in [3.8, 4) is 0 Å². The van der Waals surface area contributed by atoms with Crippen LogP contribution >= 0.6 is 0 Å². The lowest BCUT2D eigenvalue weighted by atomic mass is 10.2. The zero-order valence-corrected chi connectivity index (χ0v) is 15.9. The molecule has 0 saturated heterocycles. The maximum Gasteiger partial charge on any atom is 0.508 e. The molecule has 1 N–H and O–H groups in total. The van der Waals surface area contributed by atoms with E-state index in [0.717, 1.165) is 5.56 Å². The molecule has 0 aliphatic rings. The Morgan fingerprint density at radius 2 is 1.90 bits per heavy atom. The summed E-state index contributed by atoms with van der Waals surface area (Å²) in [6.07, 6.45) is 2.62. The van der Waals surface area contributed by atoms with Crippen molar-refractivity contribution >= 4 is 23.0 Å². The molecule has 3 rings (SSSR count). The molecule has 2 aromatic carbocycles. The average molecular weight is 396 g/mol. The Bertz CT molecular complexity index is 1010. The minimum Gasteiger partial charge on any atom is -0.438 e. The third kappa shape index (κ3) is 5.44. The smallest absolute Gasteiger partial charge is 0.438 e. The highest BCUT2D eigenvalue weighted by molar-refractivity contribution is 5.98. The van der Waals surface area contributed by atoms with Gasteiger partial charge in [0.25, 0.3) is 5.91 Å². The number of ether oxygens (including phenoxy) is 2. The number of aromatic nitrogens is 1. The van der Waals surface area contributed by atoms with Gasteiger partial charge in [0.2, 0.25) is 0 Å². The lowest BCUT2D eigenvalue weighted by Crippen LogP contribution is -2.31. The van der Waals surface area contributed by atoms with E-state index >= 15 is 0 Å². The predicted octanol–water partition coefficient (Wildman–Crippen LogP) is 4.29. The van der Waals surface area contributed by atoms with Crippen molar-refractivity contribution in [1.29, 1.82) is 0 Å². The summed E-state index contributed by atoms with van der Waals surface area (Å²) >= 11 is 0. The first-order valence-electron chi connectivity index (χ1n) is 9.04. The molecule has 0 saturated carbocycles. The average Bonchev–Trinajstić information content (AvgIpc) is 3.15. The van der Waals surface area contributed by atoms with Crippen molar-refractivity contribution < 1.29 is 23.5 Å². The highest BCUT2D eigenvalue weighted by Gasteiger charge is 2.17. The molecule has 0 unspecified atom stereocenters. The van der Waals surface area contributed by atoms with Crippen LogP contribution in [0.1, 0.15) is 16.1 Å². The van der Waals surface area contributed by atoms with Crippen LogP contribution in [0.4, 0.5) is 9.18 Å². The van der Waals surface area contributed by atoms with Gasteiger partial charge in [0.1, 0.15) is 18.1 Å². The maximum absolute atomic E-state index is 13.5. The van der Waals surface area contributed by atoms with Gasteiger partial charge in [-0.25, -0.2) is 9.18 Å². The molecule has 0 spiro atoms. The molecule has 29 heavy (non-hydrogen) atoms. The van der Waals surface area contributed by atoms with Crippen molar-refractivity contribution in [3.63, 3.8) is 0 Å². The fourth-order valence-corrected chi connectivity index (χ4v) is 2.86. The van der Waals surface area contributed by atoms with Gasteiger partial charge in [-0.3, -0.25) is 4.79 Å². The molecule has 0 bridgehead atoms. The summed E-state index contributed by atoms with van der Waals surface area (Å²) < 4.78 is 22.6. The number of nitrogens with zero attached hydrogens (tertiary/aromatic N) is 1. The summed E-state index contributed by atoms with van der Waals surface area (Å²) in [6.45, 7) is 0.749. The fourth-order valence-electron chi connectivity index (χ4n) is 2.86. The van der Waals surface area contributed by atoms with Crippen molar-refractivity contribution in [3.05, 3.63) is 83.8 Å². The van der Waals surface area contributed by atoms with E-state index in [1.54, 1.807) is 29.2 Å². The predicted molar refractivity (Wildman–Crippen MR) is 107 cm³/mol. The first kappa shape index (κ1) is 20.1. The van der Waals surface area contributed by atoms with Crippen LogP contribution in [0, 0.1) is 5.82 Å². The molecule has 3 aromatic rings. The minimum atomic E-state index is -0.767. The van der Waals surface area contributed by atoms with E-state index in [1.165, 1.54) is 19.2 Å². The van der Waals surface area contributed by atoms with E-state index < -0.39 is 6.16 Å². The Balaban J connectivity index is 1.76. The molecule has 0 aliphatic carbocycles. The van der Waals surface area contributed by atoms with Crippen LogP contribution in [-0.4, -0.2) is 42.2 Å². The molecule has 150 valence electrons. The molecule has 0 fully saturated rings. The molecule has 0 aliphatic heterocycles. The van der Waals surface area contributed by atoms with Gasteiger partial charge in [-0.2, -0.15) is 0 Å². The van der Waals surface area contributed by atoms with E-state index in [0.29, 0.717) is 29.7 Å². The molecule has 7 heteroatoms. The van der Waals surface area contributed by atoms with Crippen LogP contribution in [0.15, 0.2) is 66.7 Å². The van der Waals surface area contributed by atoms with Gasteiger partial charge in [0, 0.05) is 24.0 Å². The highest BCUT2D eigenvalue weighted by atomic mass is 19.1. The van der Waals surface area contributed by atoms with E-state index in [2.05, 4.69) is 9.72 Å². The number of carbonyl (C=O) groups excluding carboxylic acids is 2. The third-order valence-electron chi connectivity index (χ3n) is 4.27. The summed E-state index contributed by atoms with van der Waals surface area (Å²) in [6, 6.07) is 15.6. The quantitative estimate of drug-likeness (QED) is 0.478. The van der Waals surface area contributed by atoms with Crippen LogP contribution in [0.25, 0.3) is 10.9 Å². The number of carbonyl (C=O) groups is 2. The van der Waals surface area contributed by atoms with E-state index in [4.69, 9.17) is 4.74 Å². The number of aromatic amines is 1. The molecular weight excluding hydrogens is 375 g/mol. The molecule has 1 aromatic heterocycles. The minimum absolute atomic E-state index is 0.0473. The SMILES string of the molecule is COC(=O)OC/C=C/CN(Cc1ccccc1)C(=O)c1cc2cc(F)ccc2[nH]1. The topological polar surface area (TPSA) is 71.6 Å². The van der Waals surface area contributed by atoms with Crippen LogP contribution in [0.3, 0.4) is 0 Å². The normalized spacial score (nSPS) is 11.0. The number of hydrogen-bond acceptors (Lipinski definition) is 4. The van der Waals surface area contributed by atoms with Gasteiger partial charge < -0.3 is 19.4 Å². The second-order valence-electron chi connectivity index (χ2n) is 6.32. The molecule has 0 atom stereocenters. The van der Waals surface area contributed by atoms with Crippen LogP contribution < -0.4 is 0 Å². The molecule has 1 amide bonds. The summed E-state index contributed by atoms with van der Waals surface area (Å²) in [5.74, 6) is -0.575. The number of rotatable bonds is 7. The zero-order valence-electron chi connectivity index (χ0n) is 15.9. The molecular formula is C22H21FN2O4. The van der Waals surface area contributed by atoms with Crippen LogP contribution in [0.5, 0.6) is 0 Å². The van der Waals surface area contributed by atoms with Gasteiger partial charge in [-0.1, -0.05) is 36.4 Å². The number of fused-ring (bicyclic) bond motifs is 1. The van der Waals surface area contributed by atoms with Crippen molar-refractivity contribution in [2.24, 2.45) is 0 Å². The molecule has 0 radical (unpaired) electrons. The first-order valence-corrected chi connectivity index (χ1v) is 9.04. The van der Waals surface area contributed by atoms with Gasteiger partial charge in [0.05, 0.1) is 7.11 Å². The Hall–Kier alpha value is -3.61. The summed E-state index contributed by atoms with van der Waals surface area (Å²) in [4.78, 5) is 28.8. The third-order valence-corrected chi connectivity index (χ3v) is 4.27. The zero-order chi connectivity index (χ0) is 20.6. The van der Waals surface area contributed by atoms with Crippen molar-refractivity contribution in [2.75, 3.05) is 20.3 Å². The number of benzene rings is 2. The van der Waals surface area contributed by atoms with Crippen LogP contribution in [0.2, 0.25) is 0 Å². The second kappa shape index (κ2) is 9.54. The van der Waals surface area contributed by atoms with E-state index in [9.17, 15) is 14.0 Å². The second-order valence-corrected chi connectivity index (χ2v) is 6.32. The summed E-state index contributed by atoms with van der Waals surface area (Å²) in [5, 5.41) is 0.634. The molecule has 1 heterocycles. The molecule has 6 nitrogen and oxygen atoms in total. The Morgan fingerprint density at radius 1 is 1.10 bits per heavy atom. The number of halogens is 1. The van der Waals surface area contributed by atoms with E-state index in [1.807, 2.05) is 30.3 Å². The number of amides is 1. The number of hydrogen-bond donors (Lipinski definition) is 1. The van der Waals surface area contributed by atoms with Crippen molar-refractivity contribution in [1.82, 2.24) is 9.88 Å². The van der Waals surface area contributed by atoms with Gasteiger partial charge in [-0.05, 0) is 35.9 Å². The fraction of sp³-hybridized carbons (Fsp3) is 0.182. The van der Waals surface area contributed by atoms with Gasteiger partial charge >= 0.3 is 6.16 Å². The lowest BCUT2D eigenvalue weighted by Gasteiger charge is -2.21. The summed E-state index contributed by atoms with van der Waals surface area (Å²) in [5.41, 5.74) is 2.04. The van der Waals surface area contributed by atoms with Crippen molar-refractivity contribution in [2.45, 2.75) is 6.54 Å². The number of methoxy groups -OCH3 is 1. The Kier molecular flexibility index (Phi) is 6.63. The standard InChI is InChI=1S/C22H21FN2O4/c1-28-22(27)29-12-6-5-11-25(15-16-7-3-2-4-8-16)21(26)20-14-17-13-18(23)9-10-19(17)24-20/h2-10,13-14,24H,11-12,15H2,1H3/b6-5+.